The second-order valence-corrected chi connectivity index (χ2v) is 7.64. The van der Waals surface area contributed by atoms with Gasteiger partial charge in [-0.05, 0) is 35.9 Å². The molecule has 7 nitrogen and oxygen atoms in total. The summed E-state index contributed by atoms with van der Waals surface area (Å²) in [5, 5.41) is 12.7. The van der Waals surface area contributed by atoms with Gasteiger partial charge in [-0.15, -0.1) is 0 Å². The van der Waals surface area contributed by atoms with Crippen LogP contribution in [0.5, 0.6) is 11.5 Å². The fourth-order valence-electron chi connectivity index (χ4n) is 3.77. The highest BCUT2D eigenvalue weighted by Crippen LogP contribution is 2.38. The number of amides is 1. The molecule has 32 heavy (non-hydrogen) atoms. The van der Waals surface area contributed by atoms with Gasteiger partial charge in [-0.25, -0.2) is 4.79 Å². The molecule has 1 aliphatic rings. The Morgan fingerprint density at radius 1 is 0.938 bits per heavy atom. The van der Waals surface area contributed by atoms with Crippen LogP contribution >= 0.6 is 0 Å². The zero-order chi connectivity index (χ0) is 22.5. The molecule has 1 aliphatic heterocycles. The lowest BCUT2D eigenvalue weighted by Gasteiger charge is -2.20. The molecular formula is C25H24N2O5. The first-order chi connectivity index (χ1) is 15.5. The molecule has 1 amide bonds. The second-order valence-electron chi connectivity index (χ2n) is 7.64. The minimum absolute atomic E-state index is 0.0143. The van der Waals surface area contributed by atoms with Crippen LogP contribution in [0.1, 0.15) is 37.4 Å². The van der Waals surface area contributed by atoms with E-state index in [1.54, 1.807) is 18.2 Å². The topological polar surface area (TPSA) is 88.1 Å². The predicted molar refractivity (Wildman–Crippen MR) is 119 cm³/mol. The SMILES string of the molecule is CN(Cc1ccccc1C(=O)NCc1ccccc1)Cc1ccc2c(c1C(=O)O)OCO2. The summed E-state index contributed by atoms with van der Waals surface area (Å²) in [6, 6.07) is 20.6. The van der Waals surface area contributed by atoms with Gasteiger partial charge in [-0.2, -0.15) is 0 Å². The molecule has 164 valence electrons. The fraction of sp³-hybridized carbons (Fsp3) is 0.200. The average molecular weight is 432 g/mol. The minimum atomic E-state index is -1.06. The lowest BCUT2D eigenvalue weighted by molar-refractivity contribution is 0.0689. The van der Waals surface area contributed by atoms with Crippen molar-refractivity contribution >= 4 is 11.9 Å². The van der Waals surface area contributed by atoms with E-state index in [1.165, 1.54) is 0 Å². The molecule has 4 rings (SSSR count). The van der Waals surface area contributed by atoms with Gasteiger partial charge in [0.1, 0.15) is 5.56 Å². The monoisotopic (exact) mass is 432 g/mol. The Labute approximate surface area is 186 Å². The number of hydrogen-bond donors (Lipinski definition) is 2. The van der Waals surface area contributed by atoms with Gasteiger partial charge >= 0.3 is 5.97 Å². The number of hydrogen-bond acceptors (Lipinski definition) is 5. The summed E-state index contributed by atoms with van der Waals surface area (Å²) in [6.07, 6.45) is 0. The highest BCUT2D eigenvalue weighted by atomic mass is 16.7. The quantitative estimate of drug-likeness (QED) is 0.565. The van der Waals surface area contributed by atoms with E-state index in [9.17, 15) is 14.7 Å². The molecule has 1 heterocycles. The number of rotatable bonds is 8. The van der Waals surface area contributed by atoms with Gasteiger partial charge in [0.25, 0.3) is 5.91 Å². The highest BCUT2D eigenvalue weighted by Gasteiger charge is 2.26. The van der Waals surface area contributed by atoms with Crippen LogP contribution in [0.25, 0.3) is 0 Å². The molecule has 0 saturated heterocycles. The van der Waals surface area contributed by atoms with Crippen molar-refractivity contribution in [2.75, 3.05) is 13.8 Å². The van der Waals surface area contributed by atoms with Crippen LogP contribution in [0.2, 0.25) is 0 Å². The molecule has 3 aromatic rings. The van der Waals surface area contributed by atoms with E-state index in [-0.39, 0.29) is 24.0 Å². The van der Waals surface area contributed by atoms with Crippen molar-refractivity contribution in [3.8, 4) is 11.5 Å². The number of carbonyl (C=O) groups excluding carboxylic acids is 1. The highest BCUT2D eigenvalue weighted by molar-refractivity contribution is 5.95. The van der Waals surface area contributed by atoms with E-state index in [2.05, 4.69) is 5.32 Å². The summed E-state index contributed by atoms with van der Waals surface area (Å²) in [6.45, 7) is 1.31. The lowest BCUT2D eigenvalue weighted by atomic mass is 10.0. The number of fused-ring (bicyclic) bond motifs is 1. The van der Waals surface area contributed by atoms with E-state index in [4.69, 9.17) is 9.47 Å². The first-order valence-electron chi connectivity index (χ1n) is 10.3. The first-order valence-corrected chi connectivity index (χ1v) is 10.3. The van der Waals surface area contributed by atoms with Crippen molar-refractivity contribution < 1.29 is 24.2 Å². The van der Waals surface area contributed by atoms with E-state index in [0.29, 0.717) is 36.5 Å². The number of nitrogens with zero attached hydrogens (tertiary/aromatic N) is 1. The number of benzene rings is 3. The molecule has 0 aromatic heterocycles. The minimum Gasteiger partial charge on any atom is -0.478 e. The first kappa shape index (κ1) is 21.4. The Morgan fingerprint density at radius 2 is 1.66 bits per heavy atom. The normalized spacial score (nSPS) is 12.1. The van der Waals surface area contributed by atoms with Crippen LogP contribution in [0, 0.1) is 0 Å². The van der Waals surface area contributed by atoms with Crippen molar-refractivity contribution in [2.45, 2.75) is 19.6 Å². The molecule has 0 unspecified atom stereocenters. The predicted octanol–water partition coefficient (Wildman–Crippen LogP) is 3.68. The van der Waals surface area contributed by atoms with Crippen LogP contribution in [0.4, 0.5) is 0 Å². The van der Waals surface area contributed by atoms with Gasteiger partial charge in [0.15, 0.2) is 11.5 Å². The van der Waals surface area contributed by atoms with E-state index < -0.39 is 5.97 Å². The number of carboxylic acid groups (broad SMARTS) is 1. The molecule has 0 aliphatic carbocycles. The van der Waals surface area contributed by atoms with Crippen LogP contribution in [0.15, 0.2) is 66.7 Å². The molecule has 0 radical (unpaired) electrons. The maximum absolute atomic E-state index is 12.8. The van der Waals surface area contributed by atoms with E-state index in [0.717, 1.165) is 11.1 Å². The van der Waals surface area contributed by atoms with Crippen molar-refractivity contribution in [1.82, 2.24) is 10.2 Å². The summed E-state index contributed by atoms with van der Waals surface area (Å²) in [5.41, 5.74) is 3.22. The largest absolute Gasteiger partial charge is 0.478 e. The van der Waals surface area contributed by atoms with Crippen LogP contribution < -0.4 is 14.8 Å². The number of carbonyl (C=O) groups is 2. The Bertz CT molecular complexity index is 1130. The van der Waals surface area contributed by atoms with Crippen LogP contribution in [0.3, 0.4) is 0 Å². The second kappa shape index (κ2) is 9.53. The molecule has 0 fully saturated rings. The zero-order valence-electron chi connectivity index (χ0n) is 17.7. The Morgan fingerprint density at radius 3 is 2.44 bits per heavy atom. The molecule has 0 saturated carbocycles. The molecule has 7 heteroatoms. The smallest absolute Gasteiger partial charge is 0.339 e. The summed E-state index contributed by atoms with van der Waals surface area (Å²) in [5.74, 6) is -0.498. The van der Waals surface area contributed by atoms with Crippen molar-refractivity contribution in [3.05, 3.63) is 94.5 Å². The molecule has 0 spiro atoms. The van der Waals surface area contributed by atoms with Crippen molar-refractivity contribution in [2.24, 2.45) is 0 Å². The Kier molecular flexibility index (Phi) is 6.37. The molecule has 0 bridgehead atoms. The van der Waals surface area contributed by atoms with E-state index in [1.807, 2.05) is 60.5 Å². The molecule has 3 aromatic carbocycles. The number of aromatic carboxylic acids is 1. The van der Waals surface area contributed by atoms with Crippen molar-refractivity contribution in [3.63, 3.8) is 0 Å². The van der Waals surface area contributed by atoms with E-state index >= 15 is 0 Å². The standard InChI is InChI=1S/C25H24N2O5/c1-27(15-19-11-12-21-23(32-16-31-21)22(19)25(29)30)14-18-9-5-6-10-20(18)24(28)26-13-17-7-3-2-4-8-17/h2-12H,13-16H2,1H3,(H,26,28)(H,29,30). The van der Waals surface area contributed by atoms with Crippen LogP contribution in [-0.2, 0) is 19.6 Å². The third-order valence-electron chi connectivity index (χ3n) is 5.28. The molecule has 0 atom stereocenters. The van der Waals surface area contributed by atoms with Gasteiger partial charge in [-0.3, -0.25) is 9.69 Å². The van der Waals surface area contributed by atoms with Gasteiger partial charge in [0.2, 0.25) is 6.79 Å². The fourth-order valence-corrected chi connectivity index (χ4v) is 3.77. The number of carboxylic acids is 1. The summed E-state index contributed by atoms with van der Waals surface area (Å²) >= 11 is 0. The maximum Gasteiger partial charge on any atom is 0.339 e. The average Bonchev–Trinajstić information content (AvgIpc) is 3.27. The van der Waals surface area contributed by atoms with Gasteiger partial charge in [0, 0.05) is 25.2 Å². The number of ether oxygens (including phenoxy) is 2. The third-order valence-corrected chi connectivity index (χ3v) is 5.28. The third kappa shape index (κ3) is 4.73. The summed E-state index contributed by atoms with van der Waals surface area (Å²) in [7, 11) is 1.88. The maximum atomic E-state index is 12.8. The Balaban J connectivity index is 1.47. The summed E-state index contributed by atoms with van der Waals surface area (Å²) in [4.78, 5) is 26.6. The molecular weight excluding hydrogens is 408 g/mol. The van der Waals surface area contributed by atoms with Gasteiger partial charge < -0.3 is 19.9 Å². The Hall–Kier alpha value is -3.84. The number of nitrogens with one attached hydrogen (secondary N) is 1. The van der Waals surface area contributed by atoms with Crippen LogP contribution in [-0.4, -0.2) is 35.7 Å². The van der Waals surface area contributed by atoms with Gasteiger partial charge in [0.05, 0.1) is 0 Å². The zero-order valence-corrected chi connectivity index (χ0v) is 17.7. The molecule has 2 N–H and O–H groups in total. The lowest BCUT2D eigenvalue weighted by Crippen LogP contribution is -2.26. The summed E-state index contributed by atoms with van der Waals surface area (Å²) < 4.78 is 10.7. The van der Waals surface area contributed by atoms with Gasteiger partial charge in [-0.1, -0.05) is 54.6 Å². The van der Waals surface area contributed by atoms with Crippen molar-refractivity contribution in [1.29, 1.82) is 0 Å².